The Morgan fingerprint density at radius 3 is 2.69 bits per heavy atom. The maximum atomic E-state index is 12.1. The Hall–Kier alpha value is -1.05. The van der Waals surface area contributed by atoms with Crippen molar-refractivity contribution in [3.05, 3.63) is 33.2 Å². The summed E-state index contributed by atoms with van der Waals surface area (Å²) in [6.07, 6.45) is 2.08. The van der Waals surface area contributed by atoms with Gasteiger partial charge >= 0.3 is 0 Å². The molecule has 2 rings (SSSR count). The van der Waals surface area contributed by atoms with Gasteiger partial charge < -0.3 is 4.57 Å². The van der Waals surface area contributed by atoms with Crippen LogP contribution in [0.25, 0.3) is 0 Å². The van der Waals surface area contributed by atoms with Gasteiger partial charge in [0.15, 0.2) is 0 Å². The third-order valence-corrected chi connectivity index (χ3v) is 4.01. The lowest BCUT2D eigenvalue weighted by Gasteiger charge is -2.31. The average Bonchev–Trinajstić information content (AvgIpc) is 2.26. The molecule has 16 heavy (non-hydrogen) atoms. The predicted molar refractivity (Wildman–Crippen MR) is 66.8 cm³/mol. The zero-order valence-corrected chi connectivity index (χ0v) is 10.7. The molecule has 2 nitrogen and oxygen atoms in total. The van der Waals surface area contributed by atoms with Crippen molar-refractivity contribution >= 4 is 0 Å². The molecular formula is C14H21NO. The average molecular weight is 219 g/mol. The summed E-state index contributed by atoms with van der Waals surface area (Å²) >= 11 is 0. The van der Waals surface area contributed by atoms with Crippen LogP contribution in [0.1, 0.15) is 37.6 Å². The van der Waals surface area contributed by atoms with Gasteiger partial charge in [-0.3, -0.25) is 4.79 Å². The lowest BCUT2D eigenvalue weighted by Crippen LogP contribution is -2.36. The monoisotopic (exact) mass is 219 g/mol. The van der Waals surface area contributed by atoms with E-state index in [4.69, 9.17) is 0 Å². The van der Waals surface area contributed by atoms with Crippen molar-refractivity contribution in [2.45, 2.75) is 47.1 Å². The van der Waals surface area contributed by atoms with E-state index < -0.39 is 0 Å². The first-order valence-corrected chi connectivity index (χ1v) is 6.26. The van der Waals surface area contributed by atoms with Crippen molar-refractivity contribution in [1.29, 1.82) is 0 Å². The van der Waals surface area contributed by atoms with Gasteiger partial charge in [-0.1, -0.05) is 20.8 Å². The number of aromatic nitrogens is 1. The zero-order chi connectivity index (χ0) is 11.9. The largest absolute Gasteiger partial charge is 0.312 e. The van der Waals surface area contributed by atoms with Gasteiger partial charge in [0.25, 0.3) is 5.56 Å². The summed E-state index contributed by atoms with van der Waals surface area (Å²) in [5.74, 6) is 1.30. The fourth-order valence-corrected chi connectivity index (χ4v) is 2.63. The molecule has 2 atom stereocenters. The molecule has 0 amide bonds. The first-order chi connectivity index (χ1) is 7.54. The van der Waals surface area contributed by atoms with Crippen LogP contribution in [-0.2, 0) is 19.4 Å². The maximum Gasteiger partial charge on any atom is 0.253 e. The summed E-state index contributed by atoms with van der Waals surface area (Å²) in [4.78, 5) is 12.1. The molecule has 0 aromatic carbocycles. The summed E-state index contributed by atoms with van der Waals surface area (Å²) < 4.78 is 2.01. The van der Waals surface area contributed by atoms with Gasteiger partial charge in [-0.05, 0) is 43.2 Å². The first-order valence-electron chi connectivity index (χ1n) is 6.26. The second kappa shape index (κ2) is 4.08. The van der Waals surface area contributed by atoms with Crippen molar-refractivity contribution in [2.75, 3.05) is 0 Å². The number of rotatable bonds is 1. The van der Waals surface area contributed by atoms with Crippen molar-refractivity contribution in [3.8, 4) is 0 Å². The van der Waals surface area contributed by atoms with E-state index >= 15 is 0 Å². The Morgan fingerprint density at radius 1 is 1.38 bits per heavy atom. The highest BCUT2D eigenvalue weighted by atomic mass is 16.1. The van der Waals surface area contributed by atoms with E-state index in [1.54, 1.807) is 0 Å². The van der Waals surface area contributed by atoms with Crippen LogP contribution < -0.4 is 5.56 Å². The minimum absolute atomic E-state index is 0.214. The molecule has 0 aliphatic carbocycles. The van der Waals surface area contributed by atoms with Gasteiger partial charge in [0.1, 0.15) is 0 Å². The first kappa shape index (κ1) is 11.4. The normalized spacial score (nSPS) is 24.2. The molecule has 0 bridgehead atoms. The van der Waals surface area contributed by atoms with Crippen LogP contribution in [0.2, 0.25) is 0 Å². The Kier molecular flexibility index (Phi) is 2.92. The third-order valence-electron chi connectivity index (χ3n) is 4.01. The summed E-state index contributed by atoms with van der Waals surface area (Å²) in [5, 5.41) is 0. The van der Waals surface area contributed by atoms with Crippen LogP contribution in [0, 0.1) is 18.8 Å². The molecule has 0 saturated heterocycles. The molecule has 1 aromatic heterocycles. The molecule has 2 unspecified atom stereocenters. The standard InChI is InChI=1S/C14H21NO/c1-5-12-6-10(3)14(16)15-8-11(4)9(2)7-13(12)15/h6,9,11H,5,7-8H2,1-4H3. The number of hydrogen-bond donors (Lipinski definition) is 0. The summed E-state index contributed by atoms with van der Waals surface area (Å²) in [5.41, 5.74) is 3.74. The number of fused-ring (bicyclic) bond motifs is 1. The molecule has 2 heteroatoms. The SMILES string of the molecule is CCc1cc(C)c(=O)n2c1CC(C)C(C)C2. The molecule has 0 radical (unpaired) electrons. The number of hydrogen-bond acceptors (Lipinski definition) is 1. The van der Waals surface area contributed by atoms with E-state index in [0.29, 0.717) is 11.8 Å². The third kappa shape index (κ3) is 1.70. The predicted octanol–water partition coefficient (Wildman–Crippen LogP) is 2.55. The molecule has 0 fully saturated rings. The van der Waals surface area contributed by atoms with E-state index in [9.17, 15) is 4.79 Å². The number of aryl methyl sites for hydroxylation is 2. The van der Waals surface area contributed by atoms with Crippen molar-refractivity contribution < 1.29 is 0 Å². The molecule has 1 aliphatic heterocycles. The van der Waals surface area contributed by atoms with Crippen LogP contribution in [0.5, 0.6) is 0 Å². The van der Waals surface area contributed by atoms with Gasteiger partial charge in [-0.25, -0.2) is 0 Å². The highest BCUT2D eigenvalue weighted by Crippen LogP contribution is 2.26. The Labute approximate surface area is 97.3 Å². The molecule has 88 valence electrons. The van der Waals surface area contributed by atoms with Crippen LogP contribution >= 0.6 is 0 Å². The van der Waals surface area contributed by atoms with Gasteiger partial charge in [0.05, 0.1) is 0 Å². The molecular weight excluding hydrogens is 198 g/mol. The van der Waals surface area contributed by atoms with E-state index in [2.05, 4.69) is 26.8 Å². The van der Waals surface area contributed by atoms with E-state index in [-0.39, 0.29) is 5.56 Å². The summed E-state index contributed by atoms with van der Waals surface area (Å²) in [6, 6.07) is 2.08. The Bertz CT molecular complexity index is 459. The molecule has 0 spiro atoms. The Morgan fingerprint density at radius 2 is 2.06 bits per heavy atom. The highest BCUT2D eigenvalue weighted by Gasteiger charge is 2.24. The van der Waals surface area contributed by atoms with Gasteiger partial charge in [0.2, 0.25) is 0 Å². The van der Waals surface area contributed by atoms with Crippen molar-refractivity contribution in [2.24, 2.45) is 11.8 Å². The second-order valence-corrected chi connectivity index (χ2v) is 5.23. The van der Waals surface area contributed by atoms with Crippen LogP contribution in [0.15, 0.2) is 10.9 Å². The second-order valence-electron chi connectivity index (χ2n) is 5.23. The maximum absolute atomic E-state index is 12.1. The Balaban J connectivity index is 2.62. The number of nitrogens with zero attached hydrogens (tertiary/aromatic N) is 1. The number of pyridine rings is 1. The minimum Gasteiger partial charge on any atom is -0.312 e. The van der Waals surface area contributed by atoms with E-state index in [0.717, 1.165) is 24.9 Å². The highest BCUT2D eigenvalue weighted by molar-refractivity contribution is 5.27. The minimum atomic E-state index is 0.214. The summed E-state index contributed by atoms with van der Waals surface area (Å²) in [6.45, 7) is 9.52. The van der Waals surface area contributed by atoms with Gasteiger partial charge in [-0.2, -0.15) is 0 Å². The van der Waals surface area contributed by atoms with E-state index in [1.165, 1.54) is 11.3 Å². The lowest BCUT2D eigenvalue weighted by atomic mass is 9.85. The zero-order valence-electron chi connectivity index (χ0n) is 10.7. The molecule has 0 saturated carbocycles. The quantitative estimate of drug-likeness (QED) is 0.711. The van der Waals surface area contributed by atoms with Crippen molar-refractivity contribution in [1.82, 2.24) is 4.57 Å². The molecule has 2 heterocycles. The van der Waals surface area contributed by atoms with Crippen LogP contribution in [0.4, 0.5) is 0 Å². The molecule has 1 aromatic rings. The smallest absolute Gasteiger partial charge is 0.253 e. The molecule has 1 aliphatic rings. The van der Waals surface area contributed by atoms with Gasteiger partial charge in [0, 0.05) is 17.8 Å². The topological polar surface area (TPSA) is 22.0 Å². The van der Waals surface area contributed by atoms with E-state index in [1.807, 2.05) is 11.5 Å². The lowest BCUT2D eigenvalue weighted by molar-refractivity contribution is 0.287. The van der Waals surface area contributed by atoms with Gasteiger partial charge in [-0.15, -0.1) is 0 Å². The van der Waals surface area contributed by atoms with Crippen LogP contribution in [0.3, 0.4) is 0 Å². The molecule has 0 N–H and O–H groups in total. The van der Waals surface area contributed by atoms with Crippen molar-refractivity contribution in [3.63, 3.8) is 0 Å². The summed E-state index contributed by atoms with van der Waals surface area (Å²) in [7, 11) is 0. The fourth-order valence-electron chi connectivity index (χ4n) is 2.63. The van der Waals surface area contributed by atoms with Crippen LogP contribution in [-0.4, -0.2) is 4.57 Å². The fraction of sp³-hybridized carbons (Fsp3) is 0.643.